The second-order valence-electron chi connectivity index (χ2n) is 9.14. The molecule has 0 radical (unpaired) electrons. The third-order valence-corrected chi connectivity index (χ3v) is 6.90. The zero-order valence-electron chi connectivity index (χ0n) is 20.1. The molecule has 3 aromatic carbocycles. The second kappa shape index (κ2) is 10.8. The molecule has 0 atom stereocenters. The van der Waals surface area contributed by atoms with Crippen LogP contribution in [-0.4, -0.2) is 27.4 Å². The van der Waals surface area contributed by atoms with E-state index in [9.17, 15) is 13.2 Å². The van der Waals surface area contributed by atoms with E-state index < -0.39 is 10.0 Å². The summed E-state index contributed by atoms with van der Waals surface area (Å²) in [5, 5.41) is 4.11. The maximum Gasteiger partial charge on any atom is 0.255 e. The number of carbonyl (C=O) groups is 1. The smallest absolute Gasteiger partial charge is 0.255 e. The summed E-state index contributed by atoms with van der Waals surface area (Å²) >= 11 is 0. The molecule has 35 heavy (non-hydrogen) atoms. The van der Waals surface area contributed by atoms with Gasteiger partial charge in [-0.15, -0.1) is 0 Å². The fourth-order valence-corrected chi connectivity index (χ4v) is 4.94. The van der Waals surface area contributed by atoms with Crippen molar-refractivity contribution >= 4 is 33.4 Å². The van der Waals surface area contributed by atoms with Gasteiger partial charge in [0.1, 0.15) is 0 Å². The number of carbonyl (C=O) groups excluding carboxylic acids is 1. The summed E-state index contributed by atoms with van der Waals surface area (Å²) in [6.07, 6.45) is 2.43. The van der Waals surface area contributed by atoms with Crippen LogP contribution < -0.4 is 14.9 Å². The number of hydrogen-bond donors (Lipinski definition) is 2. The van der Waals surface area contributed by atoms with Gasteiger partial charge in [0.2, 0.25) is 0 Å². The normalized spacial score (nSPS) is 13.6. The van der Waals surface area contributed by atoms with Gasteiger partial charge in [0.15, 0.2) is 0 Å². The van der Waals surface area contributed by atoms with Crippen LogP contribution in [0.1, 0.15) is 40.9 Å². The van der Waals surface area contributed by atoms with Crippen molar-refractivity contribution in [1.82, 2.24) is 5.32 Å². The average molecular weight is 490 g/mol. The number of anilines is 2. The van der Waals surface area contributed by atoms with E-state index in [4.69, 9.17) is 0 Å². The van der Waals surface area contributed by atoms with Crippen LogP contribution in [-0.2, 0) is 23.0 Å². The van der Waals surface area contributed by atoms with Crippen molar-refractivity contribution in [3.8, 4) is 0 Å². The largest absolute Gasteiger partial charge is 0.366 e. The fraction of sp³-hybridized carbons (Fsp3) is 0.250. The highest BCUT2D eigenvalue weighted by Crippen LogP contribution is 2.30. The number of amides is 1. The Balaban J connectivity index is 1.60. The Morgan fingerprint density at radius 2 is 1.71 bits per heavy atom. The van der Waals surface area contributed by atoms with Gasteiger partial charge >= 0.3 is 0 Å². The molecular weight excluding hydrogens is 458 g/mol. The Morgan fingerprint density at radius 1 is 1.00 bits per heavy atom. The molecular formula is C28H31N3O3S. The summed E-state index contributed by atoms with van der Waals surface area (Å²) in [7, 11) is -3.75. The summed E-state index contributed by atoms with van der Waals surface area (Å²) in [6, 6.07) is 22.7. The molecule has 1 heterocycles. The molecule has 0 saturated carbocycles. The van der Waals surface area contributed by atoms with E-state index in [1.54, 1.807) is 12.1 Å². The first-order chi connectivity index (χ1) is 16.8. The molecule has 1 aliphatic heterocycles. The average Bonchev–Trinajstić information content (AvgIpc) is 2.86. The van der Waals surface area contributed by atoms with Crippen LogP contribution in [0.25, 0.3) is 6.08 Å². The van der Waals surface area contributed by atoms with E-state index in [-0.39, 0.29) is 5.91 Å². The molecule has 1 amide bonds. The van der Waals surface area contributed by atoms with E-state index in [1.165, 1.54) is 17.2 Å². The van der Waals surface area contributed by atoms with Crippen molar-refractivity contribution in [2.24, 2.45) is 5.92 Å². The SMILES string of the molecule is CC(C)CNC(=O)c1cc(NS(=O)(=O)C=Cc2ccccc2)ccc1N1CCc2ccccc2C1. The summed E-state index contributed by atoms with van der Waals surface area (Å²) in [6.45, 7) is 6.09. The van der Waals surface area contributed by atoms with Crippen LogP contribution in [0, 0.1) is 5.92 Å². The van der Waals surface area contributed by atoms with Crippen LogP contribution >= 0.6 is 0 Å². The zero-order chi connectivity index (χ0) is 24.8. The minimum absolute atomic E-state index is 0.214. The van der Waals surface area contributed by atoms with E-state index in [2.05, 4.69) is 27.1 Å². The highest BCUT2D eigenvalue weighted by molar-refractivity contribution is 7.95. The molecule has 0 spiro atoms. The Kier molecular flexibility index (Phi) is 7.56. The van der Waals surface area contributed by atoms with Crippen LogP contribution in [0.4, 0.5) is 11.4 Å². The summed E-state index contributed by atoms with van der Waals surface area (Å²) in [5.74, 6) is 0.0857. The monoisotopic (exact) mass is 489 g/mol. The lowest BCUT2D eigenvalue weighted by molar-refractivity contribution is 0.0949. The molecule has 0 unspecified atom stereocenters. The van der Waals surface area contributed by atoms with Crippen molar-refractivity contribution < 1.29 is 13.2 Å². The predicted octanol–water partition coefficient (Wildman–Crippen LogP) is 5.05. The van der Waals surface area contributed by atoms with Gasteiger partial charge in [-0.25, -0.2) is 8.42 Å². The molecule has 1 aliphatic rings. The van der Waals surface area contributed by atoms with E-state index in [1.807, 2.05) is 62.4 Å². The molecule has 3 aromatic rings. The van der Waals surface area contributed by atoms with Crippen molar-refractivity contribution in [3.63, 3.8) is 0 Å². The van der Waals surface area contributed by atoms with Gasteiger partial charge in [-0.05, 0) is 53.3 Å². The van der Waals surface area contributed by atoms with Gasteiger partial charge in [-0.1, -0.05) is 68.4 Å². The van der Waals surface area contributed by atoms with Crippen LogP contribution in [0.5, 0.6) is 0 Å². The Bertz CT molecular complexity index is 1320. The second-order valence-corrected chi connectivity index (χ2v) is 10.7. The van der Waals surface area contributed by atoms with Crippen LogP contribution in [0.3, 0.4) is 0 Å². The molecule has 7 heteroatoms. The van der Waals surface area contributed by atoms with Crippen LogP contribution in [0.2, 0.25) is 0 Å². The number of rotatable bonds is 8. The Hall–Kier alpha value is -3.58. The maximum atomic E-state index is 13.2. The molecule has 182 valence electrons. The number of nitrogens with one attached hydrogen (secondary N) is 2. The number of benzene rings is 3. The van der Waals surface area contributed by atoms with Crippen molar-refractivity contribution in [1.29, 1.82) is 0 Å². The lowest BCUT2D eigenvalue weighted by atomic mass is 9.98. The Morgan fingerprint density at radius 3 is 2.46 bits per heavy atom. The van der Waals surface area contributed by atoms with Gasteiger partial charge in [0.05, 0.1) is 11.0 Å². The first kappa shape index (κ1) is 24.5. The quantitative estimate of drug-likeness (QED) is 0.464. The van der Waals surface area contributed by atoms with Crippen molar-refractivity contribution in [2.75, 3.05) is 22.7 Å². The highest BCUT2D eigenvalue weighted by atomic mass is 32.2. The van der Waals surface area contributed by atoms with Gasteiger partial charge in [0, 0.05) is 31.0 Å². The minimum Gasteiger partial charge on any atom is -0.366 e. The van der Waals surface area contributed by atoms with Gasteiger partial charge in [0.25, 0.3) is 15.9 Å². The summed E-state index contributed by atoms with van der Waals surface area (Å²) < 4.78 is 28.0. The lowest BCUT2D eigenvalue weighted by Gasteiger charge is -2.32. The van der Waals surface area contributed by atoms with E-state index in [0.717, 1.165) is 29.6 Å². The van der Waals surface area contributed by atoms with Gasteiger partial charge in [-0.3, -0.25) is 9.52 Å². The topological polar surface area (TPSA) is 78.5 Å². The predicted molar refractivity (Wildman–Crippen MR) is 143 cm³/mol. The molecule has 6 nitrogen and oxygen atoms in total. The first-order valence-corrected chi connectivity index (χ1v) is 13.4. The fourth-order valence-electron chi connectivity index (χ4n) is 4.08. The maximum absolute atomic E-state index is 13.2. The molecule has 0 aliphatic carbocycles. The van der Waals surface area contributed by atoms with Crippen molar-refractivity contribution in [2.45, 2.75) is 26.8 Å². The van der Waals surface area contributed by atoms with E-state index >= 15 is 0 Å². The van der Waals surface area contributed by atoms with Gasteiger partial charge in [-0.2, -0.15) is 0 Å². The third-order valence-electron chi connectivity index (χ3n) is 5.88. The summed E-state index contributed by atoms with van der Waals surface area (Å²) in [4.78, 5) is 15.3. The molecule has 0 fully saturated rings. The van der Waals surface area contributed by atoms with Crippen molar-refractivity contribution in [3.05, 3.63) is 100 Å². The molecule has 4 rings (SSSR count). The molecule has 2 N–H and O–H groups in total. The minimum atomic E-state index is -3.75. The number of nitrogens with zero attached hydrogens (tertiary/aromatic N) is 1. The highest BCUT2D eigenvalue weighted by Gasteiger charge is 2.22. The van der Waals surface area contributed by atoms with E-state index in [0.29, 0.717) is 30.3 Å². The van der Waals surface area contributed by atoms with Crippen LogP contribution in [0.15, 0.2) is 78.2 Å². The number of fused-ring (bicyclic) bond motifs is 1. The number of hydrogen-bond acceptors (Lipinski definition) is 4. The molecule has 0 bridgehead atoms. The lowest BCUT2D eigenvalue weighted by Crippen LogP contribution is -2.34. The molecule has 0 saturated heterocycles. The zero-order valence-corrected chi connectivity index (χ0v) is 20.9. The third kappa shape index (κ3) is 6.51. The standard InChI is InChI=1S/C28H31N3O3S/c1-21(2)19-29-28(32)26-18-25(30-35(33,34)17-15-22-8-4-3-5-9-22)12-13-27(26)31-16-14-23-10-6-7-11-24(23)20-31/h3-13,15,17-18,21,30H,14,16,19-20H2,1-2H3,(H,29,32). The first-order valence-electron chi connectivity index (χ1n) is 11.8. The number of sulfonamides is 1. The molecule has 0 aromatic heterocycles. The summed E-state index contributed by atoms with van der Waals surface area (Å²) in [5.41, 5.74) is 4.94. The van der Waals surface area contributed by atoms with Gasteiger partial charge < -0.3 is 10.2 Å². The Labute approximate surface area is 207 Å².